The van der Waals surface area contributed by atoms with E-state index in [-0.39, 0.29) is 0 Å². The Labute approximate surface area is 99.7 Å². The van der Waals surface area contributed by atoms with E-state index < -0.39 is 0 Å². The first-order valence-electron chi connectivity index (χ1n) is 5.18. The molecule has 0 amide bonds. The minimum absolute atomic E-state index is 0.614. The van der Waals surface area contributed by atoms with Crippen molar-refractivity contribution in [2.45, 2.75) is 6.92 Å². The summed E-state index contributed by atoms with van der Waals surface area (Å²) in [5.41, 5.74) is 8.69. The Morgan fingerprint density at radius 2 is 2.18 bits per heavy atom. The molecule has 0 unspecified atom stereocenters. The molecule has 17 heavy (non-hydrogen) atoms. The van der Waals surface area contributed by atoms with Gasteiger partial charge >= 0.3 is 0 Å². The van der Waals surface area contributed by atoms with Crippen LogP contribution in [0.15, 0.2) is 36.5 Å². The van der Waals surface area contributed by atoms with Gasteiger partial charge in [-0.3, -0.25) is 0 Å². The molecule has 2 aromatic rings. The van der Waals surface area contributed by atoms with E-state index in [1.54, 1.807) is 18.3 Å². The zero-order valence-corrected chi connectivity index (χ0v) is 9.44. The van der Waals surface area contributed by atoms with Gasteiger partial charge < -0.3 is 11.1 Å². The third-order valence-corrected chi connectivity index (χ3v) is 2.35. The highest BCUT2D eigenvalue weighted by Gasteiger charge is 2.01. The number of nitrogens with zero attached hydrogens (tertiary/aromatic N) is 2. The predicted molar refractivity (Wildman–Crippen MR) is 67.8 cm³/mol. The molecule has 0 saturated heterocycles. The van der Waals surface area contributed by atoms with Crippen molar-refractivity contribution in [1.29, 1.82) is 5.26 Å². The maximum Gasteiger partial charge on any atom is 0.133 e. The van der Waals surface area contributed by atoms with Crippen LogP contribution in [-0.2, 0) is 0 Å². The van der Waals surface area contributed by atoms with Gasteiger partial charge in [0.15, 0.2) is 0 Å². The molecule has 1 heterocycles. The Morgan fingerprint density at radius 1 is 1.35 bits per heavy atom. The van der Waals surface area contributed by atoms with Crippen LogP contribution in [0.5, 0.6) is 0 Å². The van der Waals surface area contributed by atoms with Gasteiger partial charge in [0.2, 0.25) is 0 Å². The minimum atomic E-state index is 0.614. The van der Waals surface area contributed by atoms with Gasteiger partial charge in [-0.2, -0.15) is 5.26 Å². The zero-order valence-electron chi connectivity index (χ0n) is 9.44. The topological polar surface area (TPSA) is 74.7 Å². The molecule has 4 heteroatoms. The molecule has 0 radical (unpaired) electrons. The van der Waals surface area contributed by atoms with E-state index in [2.05, 4.69) is 16.4 Å². The van der Waals surface area contributed by atoms with Crippen molar-refractivity contribution in [2.75, 3.05) is 11.1 Å². The lowest BCUT2D eigenvalue weighted by atomic mass is 10.2. The summed E-state index contributed by atoms with van der Waals surface area (Å²) in [5.74, 6) is 0.745. The third kappa shape index (κ3) is 2.52. The van der Waals surface area contributed by atoms with Crippen LogP contribution < -0.4 is 11.1 Å². The predicted octanol–water partition coefficient (Wildman–Crippen LogP) is 2.59. The van der Waals surface area contributed by atoms with Gasteiger partial charge in [-0.1, -0.05) is 6.07 Å². The number of nitriles is 1. The molecule has 0 aliphatic rings. The summed E-state index contributed by atoms with van der Waals surface area (Å²) in [6.45, 7) is 1.93. The number of nitrogens with two attached hydrogens (primary N) is 1. The smallest absolute Gasteiger partial charge is 0.133 e. The Balaban J connectivity index is 2.28. The van der Waals surface area contributed by atoms with Crippen molar-refractivity contribution < 1.29 is 0 Å². The van der Waals surface area contributed by atoms with Crippen LogP contribution in [0.4, 0.5) is 17.2 Å². The second-order valence-electron chi connectivity index (χ2n) is 3.75. The normalized spacial score (nSPS) is 9.65. The molecule has 3 N–H and O–H groups in total. The van der Waals surface area contributed by atoms with E-state index in [9.17, 15) is 0 Å². The van der Waals surface area contributed by atoms with Gasteiger partial charge in [0.1, 0.15) is 5.82 Å². The van der Waals surface area contributed by atoms with Crippen molar-refractivity contribution in [3.05, 3.63) is 47.7 Å². The molecule has 0 atom stereocenters. The van der Waals surface area contributed by atoms with E-state index in [4.69, 9.17) is 11.0 Å². The second-order valence-corrected chi connectivity index (χ2v) is 3.75. The van der Waals surface area contributed by atoms with Crippen LogP contribution in [0.25, 0.3) is 0 Å². The molecule has 2 rings (SSSR count). The van der Waals surface area contributed by atoms with E-state index in [0.717, 1.165) is 17.1 Å². The summed E-state index contributed by atoms with van der Waals surface area (Å²) in [7, 11) is 0. The molecule has 84 valence electrons. The lowest BCUT2D eigenvalue weighted by Gasteiger charge is -2.08. The number of hydrogen-bond donors (Lipinski definition) is 2. The monoisotopic (exact) mass is 224 g/mol. The SMILES string of the molecule is Cc1cc(N)cnc1Nc1cccc(C#N)c1. The largest absolute Gasteiger partial charge is 0.397 e. The molecular weight excluding hydrogens is 212 g/mol. The van der Waals surface area contributed by atoms with Gasteiger partial charge in [-0.25, -0.2) is 4.98 Å². The fourth-order valence-electron chi connectivity index (χ4n) is 1.53. The van der Waals surface area contributed by atoms with Crippen molar-refractivity contribution in [1.82, 2.24) is 4.98 Å². The third-order valence-electron chi connectivity index (χ3n) is 2.35. The van der Waals surface area contributed by atoms with Gasteiger partial charge in [0.05, 0.1) is 23.5 Å². The molecule has 1 aromatic heterocycles. The fraction of sp³-hybridized carbons (Fsp3) is 0.0769. The summed E-state index contributed by atoms with van der Waals surface area (Å²) < 4.78 is 0. The first kappa shape index (κ1) is 11.0. The number of pyridine rings is 1. The van der Waals surface area contributed by atoms with Gasteiger partial charge in [-0.05, 0) is 36.8 Å². The van der Waals surface area contributed by atoms with E-state index in [0.29, 0.717) is 11.3 Å². The van der Waals surface area contributed by atoms with Gasteiger partial charge in [0, 0.05) is 5.69 Å². The molecule has 0 saturated carbocycles. The molecular formula is C13H12N4. The van der Waals surface area contributed by atoms with E-state index in [1.165, 1.54) is 0 Å². The number of hydrogen-bond acceptors (Lipinski definition) is 4. The standard InChI is InChI=1S/C13H12N4/c1-9-5-11(15)8-16-13(9)17-12-4-2-3-10(6-12)7-14/h2-6,8H,15H2,1H3,(H,16,17). The lowest BCUT2D eigenvalue weighted by Crippen LogP contribution is -1.98. The molecule has 0 fully saturated rings. The zero-order chi connectivity index (χ0) is 12.3. The average molecular weight is 224 g/mol. The van der Waals surface area contributed by atoms with Crippen molar-refractivity contribution in [3.8, 4) is 6.07 Å². The van der Waals surface area contributed by atoms with Crippen LogP contribution in [0.2, 0.25) is 0 Å². The van der Waals surface area contributed by atoms with Gasteiger partial charge in [-0.15, -0.1) is 0 Å². The fourth-order valence-corrected chi connectivity index (χ4v) is 1.53. The summed E-state index contributed by atoms with van der Waals surface area (Å²) in [4.78, 5) is 4.21. The molecule has 0 bridgehead atoms. The van der Waals surface area contributed by atoms with Crippen LogP contribution >= 0.6 is 0 Å². The van der Waals surface area contributed by atoms with E-state index in [1.807, 2.05) is 25.1 Å². The number of aryl methyl sites for hydroxylation is 1. The number of nitrogens with one attached hydrogen (secondary N) is 1. The summed E-state index contributed by atoms with van der Waals surface area (Å²) in [6.07, 6.45) is 1.60. The number of anilines is 3. The Morgan fingerprint density at radius 3 is 2.88 bits per heavy atom. The van der Waals surface area contributed by atoms with Crippen LogP contribution in [-0.4, -0.2) is 4.98 Å². The van der Waals surface area contributed by atoms with Crippen molar-refractivity contribution in [2.24, 2.45) is 0 Å². The van der Waals surface area contributed by atoms with E-state index >= 15 is 0 Å². The molecule has 0 aliphatic carbocycles. The Bertz CT molecular complexity index is 584. The van der Waals surface area contributed by atoms with Crippen LogP contribution in [0.3, 0.4) is 0 Å². The summed E-state index contributed by atoms with van der Waals surface area (Å²) >= 11 is 0. The highest BCUT2D eigenvalue weighted by molar-refractivity contribution is 5.62. The number of benzene rings is 1. The first-order valence-corrected chi connectivity index (χ1v) is 5.18. The highest BCUT2D eigenvalue weighted by Crippen LogP contribution is 2.20. The van der Waals surface area contributed by atoms with Gasteiger partial charge in [0.25, 0.3) is 0 Å². The summed E-state index contributed by atoms with van der Waals surface area (Å²) in [5, 5.41) is 12.0. The first-order chi connectivity index (χ1) is 8.19. The molecule has 1 aromatic carbocycles. The van der Waals surface area contributed by atoms with Crippen LogP contribution in [0.1, 0.15) is 11.1 Å². The lowest BCUT2D eigenvalue weighted by molar-refractivity contribution is 1.26. The number of aromatic nitrogens is 1. The maximum absolute atomic E-state index is 8.81. The second kappa shape index (κ2) is 4.54. The average Bonchev–Trinajstić information content (AvgIpc) is 2.33. The molecule has 0 spiro atoms. The molecule has 0 aliphatic heterocycles. The minimum Gasteiger partial charge on any atom is -0.397 e. The Hall–Kier alpha value is -2.54. The number of rotatable bonds is 2. The summed E-state index contributed by atoms with van der Waals surface area (Å²) in [6, 6.07) is 11.2. The maximum atomic E-state index is 8.81. The van der Waals surface area contributed by atoms with Crippen molar-refractivity contribution >= 4 is 17.2 Å². The van der Waals surface area contributed by atoms with Crippen molar-refractivity contribution in [3.63, 3.8) is 0 Å². The van der Waals surface area contributed by atoms with Crippen LogP contribution in [0, 0.1) is 18.3 Å². The quantitative estimate of drug-likeness (QED) is 0.822. The Kier molecular flexibility index (Phi) is 2.93. The highest BCUT2D eigenvalue weighted by atomic mass is 15.0. The molecule has 4 nitrogen and oxygen atoms in total. The number of nitrogen functional groups attached to an aromatic ring is 1.